The van der Waals surface area contributed by atoms with Crippen LogP contribution in [-0.2, 0) is 9.59 Å². The lowest BCUT2D eigenvalue weighted by atomic mass is 10.1. The molecule has 2 atom stereocenters. The number of anilines is 2. The molecular formula is C44H57F4N5O5S. The summed E-state index contributed by atoms with van der Waals surface area (Å²) in [6.45, 7) is 17.7. The summed E-state index contributed by atoms with van der Waals surface area (Å²) in [5, 5.41) is 2.51. The molecule has 0 aliphatic heterocycles. The number of hydrogen-bond donors (Lipinski definition) is 3. The van der Waals surface area contributed by atoms with Crippen LogP contribution in [0.15, 0.2) is 110 Å². The Morgan fingerprint density at radius 1 is 0.780 bits per heavy atom. The molecule has 0 radical (unpaired) electrons. The second kappa shape index (κ2) is 31.2. The van der Waals surface area contributed by atoms with E-state index in [1.165, 1.54) is 17.8 Å². The Morgan fingerprint density at radius 2 is 1.25 bits per heavy atom. The molecule has 1 unspecified atom stereocenters. The molecular weight excluding hydrogens is 787 g/mol. The molecule has 0 heterocycles. The lowest BCUT2D eigenvalue weighted by molar-refractivity contribution is -0.109. The lowest BCUT2D eigenvalue weighted by Crippen LogP contribution is -2.36. The highest BCUT2D eigenvalue weighted by Gasteiger charge is 2.12. The second-order valence-corrected chi connectivity index (χ2v) is 12.7. The molecule has 0 saturated carbocycles. The SMILES string of the molecule is C=CCCN(C)c1ccc(OC)cc1.C=CCN(C=O)c1ccc(OC)cc1.CC.CC(NC(=O)NSN[C@@H](C)C=O)c1cc(F)cc(F)c1.Cc1cc(F)cc(F)c1. The number of aldehydes is 1. The van der Waals surface area contributed by atoms with Crippen LogP contribution in [0.3, 0.4) is 0 Å². The summed E-state index contributed by atoms with van der Waals surface area (Å²) in [6.07, 6.45) is 6.08. The van der Waals surface area contributed by atoms with Crippen molar-refractivity contribution in [3.8, 4) is 11.5 Å². The van der Waals surface area contributed by atoms with Crippen LogP contribution in [0.2, 0.25) is 0 Å². The number of rotatable bonds is 16. The Kier molecular flexibility index (Phi) is 28.2. The number of hydrogen-bond acceptors (Lipinski definition) is 8. The van der Waals surface area contributed by atoms with E-state index < -0.39 is 41.4 Å². The number of nitrogens with zero attached hydrogens (tertiary/aromatic N) is 2. The molecule has 10 nitrogen and oxygen atoms in total. The van der Waals surface area contributed by atoms with Crippen LogP contribution in [0.5, 0.6) is 11.5 Å². The summed E-state index contributed by atoms with van der Waals surface area (Å²) in [6, 6.07) is 20.3. The second-order valence-electron chi connectivity index (χ2n) is 12.0. The average Bonchev–Trinajstić information content (AvgIpc) is 3.22. The monoisotopic (exact) mass is 843 g/mol. The number of aryl methyl sites for hydroxylation is 1. The number of benzene rings is 4. The van der Waals surface area contributed by atoms with Gasteiger partial charge in [-0.05, 0) is 111 Å². The maximum atomic E-state index is 13.0. The van der Waals surface area contributed by atoms with Crippen molar-refractivity contribution in [2.45, 2.75) is 53.1 Å². The Morgan fingerprint density at radius 3 is 1.66 bits per heavy atom. The van der Waals surface area contributed by atoms with Crippen molar-refractivity contribution in [1.82, 2.24) is 14.8 Å². The first-order valence-corrected chi connectivity index (χ1v) is 19.3. The molecule has 0 saturated heterocycles. The third-order valence-electron chi connectivity index (χ3n) is 7.37. The van der Waals surface area contributed by atoms with Gasteiger partial charge in [0.05, 0.1) is 26.3 Å². The lowest BCUT2D eigenvalue weighted by Gasteiger charge is -2.18. The highest BCUT2D eigenvalue weighted by molar-refractivity contribution is 7.96. The first-order chi connectivity index (χ1) is 28.2. The summed E-state index contributed by atoms with van der Waals surface area (Å²) < 4.78 is 65.6. The third-order valence-corrected chi connectivity index (χ3v) is 8.15. The number of halogens is 4. The van der Waals surface area contributed by atoms with Gasteiger partial charge in [-0.15, -0.1) is 13.2 Å². The van der Waals surface area contributed by atoms with Crippen molar-refractivity contribution in [2.75, 3.05) is 44.2 Å². The van der Waals surface area contributed by atoms with Crippen LogP contribution >= 0.6 is 12.1 Å². The van der Waals surface area contributed by atoms with Gasteiger partial charge in [0.25, 0.3) is 0 Å². The minimum atomic E-state index is -0.704. The fourth-order valence-corrected chi connectivity index (χ4v) is 4.85. The van der Waals surface area contributed by atoms with Crippen LogP contribution in [0.25, 0.3) is 0 Å². The molecule has 0 aromatic heterocycles. The van der Waals surface area contributed by atoms with Gasteiger partial charge in [-0.1, -0.05) is 26.0 Å². The van der Waals surface area contributed by atoms with E-state index in [0.717, 1.165) is 73.0 Å². The van der Waals surface area contributed by atoms with E-state index in [1.807, 2.05) is 56.3 Å². The van der Waals surface area contributed by atoms with Crippen molar-refractivity contribution in [3.63, 3.8) is 0 Å². The molecule has 15 heteroatoms. The summed E-state index contributed by atoms with van der Waals surface area (Å²) in [5.74, 6) is -0.779. The molecule has 0 aliphatic rings. The van der Waals surface area contributed by atoms with E-state index in [9.17, 15) is 31.9 Å². The van der Waals surface area contributed by atoms with E-state index in [4.69, 9.17) is 9.47 Å². The number of methoxy groups -OCH3 is 2. The Hall–Kier alpha value is -5.80. The number of ether oxygens (including phenoxy) is 2. The molecule has 59 heavy (non-hydrogen) atoms. The first-order valence-electron chi connectivity index (χ1n) is 18.4. The van der Waals surface area contributed by atoms with Crippen LogP contribution in [0.4, 0.5) is 33.7 Å². The molecule has 322 valence electrons. The van der Waals surface area contributed by atoms with Gasteiger partial charge in [-0.2, -0.15) is 0 Å². The highest BCUT2D eigenvalue weighted by atomic mass is 32.2. The summed E-state index contributed by atoms with van der Waals surface area (Å²) in [5.41, 5.74) is 2.96. The van der Waals surface area contributed by atoms with Gasteiger partial charge in [0.1, 0.15) is 41.1 Å². The number of urea groups is 1. The molecule has 0 fully saturated rings. The molecule has 0 bridgehead atoms. The van der Waals surface area contributed by atoms with E-state index in [0.29, 0.717) is 24.0 Å². The first kappa shape index (κ1) is 53.2. The molecule has 4 rings (SSSR count). The van der Waals surface area contributed by atoms with Gasteiger partial charge in [0.15, 0.2) is 0 Å². The normalized spacial score (nSPS) is 10.6. The Labute approximate surface area is 350 Å². The van der Waals surface area contributed by atoms with E-state index in [1.54, 1.807) is 46.0 Å². The molecule has 4 aromatic carbocycles. The van der Waals surface area contributed by atoms with Crippen molar-refractivity contribution in [3.05, 3.63) is 145 Å². The predicted octanol–water partition coefficient (Wildman–Crippen LogP) is 9.92. The topological polar surface area (TPSA) is 112 Å². The standard InChI is InChI=1S/C12H15F2N3O2S.C12H17NO.C11H13NO2.C7H6F2.C2H6/c1-7(6-18)16-20-17-12(19)15-8(2)9-3-10(13)5-11(14)4-9;1-4-5-10-13(2)11-6-8-12(14-3)9-7-11;1-3-8-12(9-13)10-4-6-11(14-2)7-5-10;1-5-2-6(8)4-7(9)3-5;1-2/h3-8,16H,1-2H3,(H2,15,17,19);4,6-9H,1,5,10H2,2-3H3;3-7,9H,1,8H2,2H3;2-4H,1H3;1-2H3/t7-,8?;;;;/m0..../s1. The van der Waals surface area contributed by atoms with Gasteiger partial charge in [0.2, 0.25) is 6.41 Å². The zero-order valence-electron chi connectivity index (χ0n) is 34.9. The fraction of sp³-hybridized carbons (Fsp3) is 0.295. The zero-order valence-corrected chi connectivity index (χ0v) is 35.8. The van der Waals surface area contributed by atoms with Crippen LogP contribution < -0.4 is 34.0 Å². The smallest absolute Gasteiger partial charge is 0.326 e. The number of carbonyl (C=O) groups excluding carboxylic acids is 3. The van der Waals surface area contributed by atoms with Crippen molar-refractivity contribution in [1.29, 1.82) is 0 Å². The number of nitrogens with one attached hydrogen (secondary N) is 3. The minimum Gasteiger partial charge on any atom is -0.497 e. The molecule has 4 aromatic rings. The molecule has 3 amide bonds. The van der Waals surface area contributed by atoms with Gasteiger partial charge >= 0.3 is 6.03 Å². The summed E-state index contributed by atoms with van der Waals surface area (Å²) >= 11 is 0.846. The highest BCUT2D eigenvalue weighted by Crippen LogP contribution is 2.19. The largest absolute Gasteiger partial charge is 0.497 e. The van der Waals surface area contributed by atoms with Gasteiger partial charge in [-0.25, -0.2) is 27.1 Å². The predicted molar refractivity (Wildman–Crippen MR) is 233 cm³/mol. The van der Waals surface area contributed by atoms with Crippen LogP contribution in [0, 0.1) is 30.2 Å². The van der Waals surface area contributed by atoms with Gasteiger partial charge in [-0.3, -0.25) is 9.52 Å². The van der Waals surface area contributed by atoms with E-state index >= 15 is 0 Å². The van der Waals surface area contributed by atoms with E-state index in [-0.39, 0.29) is 0 Å². The fourth-order valence-electron chi connectivity index (χ4n) is 4.40. The Balaban J connectivity index is 0.000000773. The van der Waals surface area contributed by atoms with Gasteiger partial charge < -0.3 is 29.4 Å². The van der Waals surface area contributed by atoms with Crippen LogP contribution in [-0.4, -0.2) is 59.1 Å². The number of carbonyl (C=O) groups is 3. The molecule has 0 spiro atoms. The quantitative estimate of drug-likeness (QED) is 0.0443. The summed E-state index contributed by atoms with van der Waals surface area (Å²) in [7, 11) is 5.36. The van der Waals surface area contributed by atoms with Crippen molar-refractivity contribution >= 4 is 42.2 Å². The minimum absolute atomic E-state index is 0.317. The maximum Gasteiger partial charge on any atom is 0.326 e. The van der Waals surface area contributed by atoms with Crippen molar-refractivity contribution < 1.29 is 41.4 Å². The average molecular weight is 844 g/mol. The van der Waals surface area contributed by atoms with Crippen molar-refractivity contribution in [2.24, 2.45) is 0 Å². The maximum absolute atomic E-state index is 13.0. The summed E-state index contributed by atoms with van der Waals surface area (Å²) in [4.78, 5) is 36.3. The van der Waals surface area contributed by atoms with Crippen LogP contribution in [0.1, 0.15) is 51.3 Å². The van der Waals surface area contributed by atoms with Gasteiger partial charge in [0, 0.05) is 55.8 Å². The third kappa shape index (κ3) is 23.3. The zero-order chi connectivity index (χ0) is 44.8. The number of amides is 3. The molecule has 3 N–H and O–H groups in total. The Bertz CT molecular complexity index is 1750. The molecule has 0 aliphatic carbocycles. The van der Waals surface area contributed by atoms with E-state index in [2.05, 4.69) is 52.0 Å².